The molecule has 5 heteroatoms. The van der Waals surface area contributed by atoms with Crippen LogP contribution in [0.25, 0.3) is 0 Å². The van der Waals surface area contributed by atoms with Crippen molar-refractivity contribution in [2.75, 3.05) is 12.8 Å². The molecule has 2 rings (SSSR count). The van der Waals surface area contributed by atoms with Gasteiger partial charge in [-0.3, -0.25) is 4.79 Å². The molecule has 0 bridgehead atoms. The van der Waals surface area contributed by atoms with E-state index in [0.29, 0.717) is 10.0 Å². The zero-order valence-corrected chi connectivity index (χ0v) is 14.1. The summed E-state index contributed by atoms with van der Waals surface area (Å²) in [7, 11) is 1.82. The van der Waals surface area contributed by atoms with Crippen molar-refractivity contribution in [1.29, 1.82) is 0 Å². The zero-order valence-electron chi connectivity index (χ0n) is 12.5. The summed E-state index contributed by atoms with van der Waals surface area (Å²) in [6.07, 6.45) is 5.63. The van der Waals surface area contributed by atoms with Crippen molar-refractivity contribution in [1.82, 2.24) is 4.90 Å². The first-order chi connectivity index (χ1) is 9.93. The third-order valence-corrected chi connectivity index (χ3v) is 5.23. The van der Waals surface area contributed by atoms with Gasteiger partial charge < -0.3 is 10.6 Å². The van der Waals surface area contributed by atoms with Gasteiger partial charge in [-0.2, -0.15) is 0 Å². The highest BCUT2D eigenvalue weighted by atomic mass is 79.9. The van der Waals surface area contributed by atoms with Crippen molar-refractivity contribution < 1.29 is 9.18 Å². The van der Waals surface area contributed by atoms with Crippen molar-refractivity contribution in [3.05, 3.63) is 28.0 Å². The Morgan fingerprint density at radius 3 is 2.57 bits per heavy atom. The molecule has 0 heterocycles. The van der Waals surface area contributed by atoms with Gasteiger partial charge in [-0.1, -0.05) is 13.3 Å². The molecule has 1 saturated carbocycles. The number of nitrogen functional groups attached to an aromatic ring is 1. The highest BCUT2D eigenvalue weighted by Gasteiger charge is 2.27. The van der Waals surface area contributed by atoms with E-state index in [4.69, 9.17) is 5.73 Å². The van der Waals surface area contributed by atoms with Crippen molar-refractivity contribution in [2.24, 2.45) is 5.92 Å². The van der Waals surface area contributed by atoms with E-state index in [1.807, 2.05) is 7.05 Å². The standard InChI is InChI=1S/C16H22BrFN2O/c1-3-10-4-6-11(7-5-10)20(2)16(21)12-8-15(19)14(18)9-13(12)17/h8-11H,3-7,19H2,1-2H3. The molecule has 2 N–H and O–H groups in total. The Morgan fingerprint density at radius 2 is 2.00 bits per heavy atom. The van der Waals surface area contributed by atoms with Crippen LogP contribution >= 0.6 is 15.9 Å². The lowest BCUT2D eigenvalue weighted by atomic mass is 9.84. The van der Waals surface area contributed by atoms with Crippen LogP contribution in [-0.4, -0.2) is 23.9 Å². The second-order valence-corrected chi connectivity index (χ2v) is 6.71. The fraction of sp³-hybridized carbons (Fsp3) is 0.562. The Bertz CT molecular complexity index is 527. The fourth-order valence-corrected chi connectivity index (χ4v) is 3.51. The first-order valence-corrected chi connectivity index (χ1v) is 8.25. The van der Waals surface area contributed by atoms with E-state index >= 15 is 0 Å². The van der Waals surface area contributed by atoms with Crippen LogP contribution in [0.4, 0.5) is 10.1 Å². The predicted molar refractivity (Wildman–Crippen MR) is 86.6 cm³/mol. The van der Waals surface area contributed by atoms with Gasteiger partial charge in [-0.15, -0.1) is 0 Å². The van der Waals surface area contributed by atoms with E-state index in [1.54, 1.807) is 4.90 Å². The molecule has 21 heavy (non-hydrogen) atoms. The van der Waals surface area contributed by atoms with Crippen molar-refractivity contribution in [3.8, 4) is 0 Å². The monoisotopic (exact) mass is 356 g/mol. The van der Waals surface area contributed by atoms with Crippen LogP contribution in [0.2, 0.25) is 0 Å². The number of rotatable bonds is 3. The molecule has 116 valence electrons. The second kappa shape index (κ2) is 6.77. The first kappa shape index (κ1) is 16.3. The average molecular weight is 357 g/mol. The maximum atomic E-state index is 13.4. The minimum Gasteiger partial charge on any atom is -0.396 e. The van der Waals surface area contributed by atoms with Crippen molar-refractivity contribution in [2.45, 2.75) is 45.1 Å². The van der Waals surface area contributed by atoms with Crippen molar-refractivity contribution >= 4 is 27.5 Å². The normalized spacial score (nSPS) is 22.1. The quantitative estimate of drug-likeness (QED) is 0.824. The molecule has 0 saturated heterocycles. The number of nitrogens with zero attached hydrogens (tertiary/aromatic N) is 1. The van der Waals surface area contributed by atoms with Crippen LogP contribution in [0.1, 0.15) is 49.4 Å². The van der Waals surface area contributed by atoms with E-state index in [9.17, 15) is 9.18 Å². The number of amides is 1. The Labute approximate surface area is 133 Å². The summed E-state index contributed by atoms with van der Waals surface area (Å²) in [6, 6.07) is 2.93. The predicted octanol–water partition coefficient (Wildman–Crippen LogP) is 4.21. The molecule has 1 fully saturated rings. The molecule has 0 unspecified atom stereocenters. The van der Waals surface area contributed by atoms with Gasteiger partial charge in [0.25, 0.3) is 5.91 Å². The van der Waals surface area contributed by atoms with E-state index < -0.39 is 5.82 Å². The highest BCUT2D eigenvalue weighted by molar-refractivity contribution is 9.10. The van der Waals surface area contributed by atoms with Gasteiger partial charge in [-0.05, 0) is 59.7 Å². The SMILES string of the molecule is CCC1CCC(N(C)C(=O)c2cc(N)c(F)cc2Br)CC1. The van der Waals surface area contributed by atoms with E-state index in [2.05, 4.69) is 22.9 Å². The Balaban J connectivity index is 2.11. The van der Waals surface area contributed by atoms with Crippen LogP contribution in [0, 0.1) is 11.7 Å². The van der Waals surface area contributed by atoms with Gasteiger partial charge in [0, 0.05) is 17.6 Å². The van der Waals surface area contributed by atoms with Crippen LogP contribution in [0.15, 0.2) is 16.6 Å². The molecule has 3 nitrogen and oxygen atoms in total. The van der Waals surface area contributed by atoms with Gasteiger partial charge in [0.15, 0.2) is 0 Å². The molecular formula is C16H22BrFN2O. The molecule has 0 spiro atoms. The average Bonchev–Trinajstić information content (AvgIpc) is 2.49. The molecule has 1 aromatic rings. The molecule has 0 atom stereocenters. The Morgan fingerprint density at radius 1 is 1.38 bits per heavy atom. The number of nitrogens with two attached hydrogens (primary N) is 1. The number of hydrogen-bond acceptors (Lipinski definition) is 2. The molecule has 1 aromatic carbocycles. The minimum atomic E-state index is -0.510. The summed E-state index contributed by atoms with van der Waals surface area (Å²) in [5, 5.41) is 0. The van der Waals surface area contributed by atoms with E-state index in [0.717, 1.165) is 18.8 Å². The number of anilines is 1. The molecule has 0 radical (unpaired) electrons. The maximum absolute atomic E-state index is 13.4. The summed E-state index contributed by atoms with van der Waals surface area (Å²) in [4.78, 5) is 14.4. The molecule has 0 aromatic heterocycles. The summed E-state index contributed by atoms with van der Waals surface area (Å²) < 4.78 is 13.8. The highest BCUT2D eigenvalue weighted by Crippen LogP contribution is 2.31. The number of carbonyl (C=O) groups is 1. The summed E-state index contributed by atoms with van der Waals surface area (Å²) in [6.45, 7) is 2.22. The summed E-state index contributed by atoms with van der Waals surface area (Å²) >= 11 is 3.25. The van der Waals surface area contributed by atoms with Gasteiger partial charge in [-0.25, -0.2) is 4.39 Å². The minimum absolute atomic E-state index is 0.00430. The van der Waals surface area contributed by atoms with Crippen LogP contribution in [-0.2, 0) is 0 Å². The third-order valence-electron chi connectivity index (χ3n) is 4.58. The number of carbonyl (C=O) groups excluding carboxylic acids is 1. The largest absolute Gasteiger partial charge is 0.396 e. The van der Waals surface area contributed by atoms with Gasteiger partial charge >= 0.3 is 0 Å². The summed E-state index contributed by atoms with van der Waals surface area (Å²) in [5.74, 6) is 0.177. The fourth-order valence-electron chi connectivity index (χ4n) is 3.03. The number of benzene rings is 1. The number of halogens is 2. The maximum Gasteiger partial charge on any atom is 0.255 e. The third kappa shape index (κ3) is 3.57. The van der Waals surface area contributed by atoms with Crippen LogP contribution < -0.4 is 5.73 Å². The van der Waals surface area contributed by atoms with Gasteiger partial charge in [0.2, 0.25) is 0 Å². The zero-order chi connectivity index (χ0) is 15.6. The number of hydrogen-bond donors (Lipinski definition) is 1. The van der Waals surface area contributed by atoms with Crippen molar-refractivity contribution in [3.63, 3.8) is 0 Å². The lowest BCUT2D eigenvalue weighted by Gasteiger charge is -2.34. The van der Waals surface area contributed by atoms with Gasteiger partial charge in [0.05, 0.1) is 11.3 Å². The Kier molecular flexibility index (Phi) is 5.25. The molecular weight excluding hydrogens is 335 g/mol. The molecule has 1 amide bonds. The molecule has 1 aliphatic rings. The smallest absolute Gasteiger partial charge is 0.255 e. The van der Waals surface area contributed by atoms with Crippen LogP contribution in [0.3, 0.4) is 0 Å². The lowest BCUT2D eigenvalue weighted by molar-refractivity contribution is 0.0674. The van der Waals surface area contributed by atoms with E-state index in [1.165, 1.54) is 31.4 Å². The first-order valence-electron chi connectivity index (χ1n) is 7.45. The summed E-state index contributed by atoms with van der Waals surface area (Å²) in [5.41, 5.74) is 6.00. The second-order valence-electron chi connectivity index (χ2n) is 5.85. The Hall–Kier alpha value is -1.10. The topological polar surface area (TPSA) is 46.3 Å². The molecule has 0 aliphatic heterocycles. The molecule has 1 aliphatic carbocycles. The van der Waals surface area contributed by atoms with Crippen LogP contribution in [0.5, 0.6) is 0 Å². The lowest BCUT2D eigenvalue weighted by Crippen LogP contribution is -2.39. The van der Waals surface area contributed by atoms with Gasteiger partial charge in [0.1, 0.15) is 5.82 Å². The van der Waals surface area contributed by atoms with E-state index in [-0.39, 0.29) is 17.6 Å².